The fourth-order valence-electron chi connectivity index (χ4n) is 2.70. The van der Waals surface area contributed by atoms with Gasteiger partial charge < -0.3 is 4.90 Å². The first-order valence-corrected chi connectivity index (χ1v) is 5.95. The van der Waals surface area contributed by atoms with E-state index in [4.69, 9.17) is 0 Å². The number of anilines is 1. The van der Waals surface area contributed by atoms with Crippen molar-refractivity contribution in [3.8, 4) is 0 Å². The van der Waals surface area contributed by atoms with Crippen LogP contribution in [0.1, 0.15) is 5.56 Å². The largest absolute Gasteiger partial charge is 0.324 e. The average molecular weight is 220 g/mol. The van der Waals surface area contributed by atoms with Crippen molar-refractivity contribution in [3.63, 3.8) is 0 Å². The van der Waals surface area contributed by atoms with E-state index in [2.05, 4.69) is 58.4 Å². The van der Waals surface area contributed by atoms with Gasteiger partial charge in [0.2, 0.25) is 0 Å². The van der Waals surface area contributed by atoms with Gasteiger partial charge in [-0.1, -0.05) is 30.3 Å². The maximum absolute atomic E-state index is 4.49. The minimum Gasteiger partial charge on any atom is -0.324 e. The molecule has 0 aliphatic carbocycles. The zero-order valence-electron chi connectivity index (χ0n) is 9.43. The Morgan fingerprint density at radius 2 is 1.94 bits per heavy atom. The molecular weight excluding hydrogens is 208 g/mol. The molecule has 0 N–H and O–H groups in total. The maximum atomic E-state index is 4.49. The minimum atomic E-state index is 0.909. The van der Waals surface area contributed by atoms with Crippen molar-refractivity contribution in [2.45, 2.75) is 0 Å². The summed E-state index contributed by atoms with van der Waals surface area (Å²) in [5, 5.41) is 2.63. The fourth-order valence-corrected chi connectivity index (χ4v) is 2.70. The molecule has 2 aromatic rings. The normalized spacial score (nSPS) is 16.9. The van der Waals surface area contributed by atoms with E-state index in [1.54, 1.807) is 0 Å². The Kier molecular flexibility index (Phi) is 1.69. The number of amidine groups is 1. The summed E-state index contributed by atoms with van der Waals surface area (Å²) in [5.41, 5.74) is 2.62. The molecule has 0 bridgehead atoms. The summed E-state index contributed by atoms with van der Waals surface area (Å²) in [7, 11) is 0. The van der Waals surface area contributed by atoms with Gasteiger partial charge in [-0.05, 0) is 29.0 Å². The second kappa shape index (κ2) is 3.20. The van der Waals surface area contributed by atoms with E-state index in [0.29, 0.717) is 0 Å². The monoisotopic (exact) mass is 220 g/mol. The molecule has 0 unspecified atom stereocenters. The number of benzene rings is 2. The van der Waals surface area contributed by atoms with Crippen LogP contribution in [0.15, 0.2) is 47.5 Å². The Bertz CT molecular complexity index is 668. The first-order valence-electron chi connectivity index (χ1n) is 5.95. The molecule has 2 nitrogen and oxygen atoms in total. The molecule has 0 spiro atoms. The van der Waals surface area contributed by atoms with Crippen LogP contribution in [0.4, 0.5) is 5.69 Å². The lowest BCUT2D eigenvalue weighted by molar-refractivity contribution is 1.02. The van der Waals surface area contributed by atoms with Crippen molar-refractivity contribution in [1.29, 1.82) is 0 Å². The minimum absolute atomic E-state index is 0.909. The second-order valence-corrected chi connectivity index (χ2v) is 4.44. The molecule has 0 radical (unpaired) electrons. The van der Waals surface area contributed by atoms with Crippen molar-refractivity contribution in [2.24, 2.45) is 4.99 Å². The summed E-state index contributed by atoms with van der Waals surface area (Å²) < 4.78 is 0. The molecule has 2 heteroatoms. The van der Waals surface area contributed by atoms with E-state index in [1.807, 2.05) is 0 Å². The summed E-state index contributed by atoms with van der Waals surface area (Å²) in [5.74, 6) is 1.10. The Balaban J connectivity index is 2.06. The van der Waals surface area contributed by atoms with E-state index in [0.717, 1.165) is 18.9 Å². The highest BCUT2D eigenvalue weighted by Crippen LogP contribution is 2.34. The maximum Gasteiger partial charge on any atom is 0.128 e. The molecule has 4 rings (SSSR count). The zero-order chi connectivity index (χ0) is 11.2. The van der Waals surface area contributed by atoms with Crippen LogP contribution in [0, 0.1) is 0 Å². The lowest BCUT2D eigenvalue weighted by atomic mass is 9.99. The van der Waals surface area contributed by atoms with Crippen LogP contribution < -0.4 is 4.90 Å². The van der Waals surface area contributed by atoms with Gasteiger partial charge in [0.05, 0.1) is 12.2 Å². The second-order valence-electron chi connectivity index (χ2n) is 4.44. The number of nitrogens with zero attached hydrogens (tertiary/aromatic N) is 2. The van der Waals surface area contributed by atoms with Gasteiger partial charge in [-0.3, -0.25) is 4.99 Å². The van der Waals surface area contributed by atoms with Gasteiger partial charge in [-0.25, -0.2) is 0 Å². The average Bonchev–Trinajstić information content (AvgIpc) is 2.86. The molecule has 2 heterocycles. The third kappa shape index (κ3) is 1.18. The molecule has 17 heavy (non-hydrogen) atoms. The lowest BCUT2D eigenvalue weighted by Gasteiger charge is -2.25. The fraction of sp³-hybridized carbons (Fsp3) is 0.133. The van der Waals surface area contributed by atoms with Gasteiger partial charge >= 0.3 is 0 Å². The summed E-state index contributed by atoms with van der Waals surface area (Å²) in [4.78, 5) is 6.80. The Morgan fingerprint density at radius 1 is 1.00 bits per heavy atom. The Morgan fingerprint density at radius 3 is 2.94 bits per heavy atom. The predicted molar refractivity (Wildman–Crippen MR) is 72.6 cm³/mol. The number of aliphatic imine (C=N–C) groups is 1. The van der Waals surface area contributed by atoms with Crippen LogP contribution in [0.5, 0.6) is 0 Å². The van der Waals surface area contributed by atoms with E-state index >= 15 is 0 Å². The van der Waals surface area contributed by atoms with Gasteiger partial charge in [-0.15, -0.1) is 0 Å². The summed E-state index contributed by atoms with van der Waals surface area (Å²) in [6, 6.07) is 13.0. The van der Waals surface area contributed by atoms with Crippen LogP contribution >= 0.6 is 0 Å². The lowest BCUT2D eigenvalue weighted by Crippen LogP contribution is -2.28. The first-order chi connectivity index (χ1) is 8.43. The smallest absolute Gasteiger partial charge is 0.128 e. The molecule has 0 atom stereocenters. The van der Waals surface area contributed by atoms with Crippen LogP contribution in [0.2, 0.25) is 0 Å². The molecule has 0 saturated carbocycles. The van der Waals surface area contributed by atoms with E-state index in [-0.39, 0.29) is 0 Å². The van der Waals surface area contributed by atoms with Gasteiger partial charge in [0.25, 0.3) is 0 Å². The number of hydrogen-bond acceptors (Lipinski definition) is 2. The van der Waals surface area contributed by atoms with Gasteiger partial charge in [-0.2, -0.15) is 0 Å². The highest BCUT2D eigenvalue weighted by atomic mass is 15.2. The van der Waals surface area contributed by atoms with E-state index < -0.39 is 0 Å². The topological polar surface area (TPSA) is 15.6 Å². The molecule has 0 aromatic heterocycles. The summed E-state index contributed by atoms with van der Waals surface area (Å²) in [6.45, 7) is 1.91. The van der Waals surface area contributed by atoms with Crippen molar-refractivity contribution in [1.82, 2.24) is 0 Å². The molecule has 0 amide bonds. The highest BCUT2D eigenvalue weighted by Gasteiger charge is 2.22. The van der Waals surface area contributed by atoms with Gasteiger partial charge in [0.15, 0.2) is 0 Å². The standard InChI is InChI=1S/C15H12N2/c1-2-4-12-11(3-1)5-7-14-13(12)6-8-15-16-9-10-17(14)15/h1-8H,9-10H2. The van der Waals surface area contributed by atoms with Crippen molar-refractivity contribution in [2.75, 3.05) is 18.0 Å². The van der Waals surface area contributed by atoms with Crippen molar-refractivity contribution >= 4 is 28.4 Å². The first kappa shape index (κ1) is 8.99. The Hall–Kier alpha value is -2.09. The molecule has 2 aliphatic heterocycles. The van der Waals surface area contributed by atoms with Crippen LogP contribution in [0.3, 0.4) is 0 Å². The van der Waals surface area contributed by atoms with Gasteiger partial charge in [0.1, 0.15) is 5.84 Å². The predicted octanol–water partition coefficient (Wildman–Crippen LogP) is 3.09. The summed E-state index contributed by atoms with van der Waals surface area (Å²) in [6.07, 6.45) is 4.32. The van der Waals surface area contributed by atoms with E-state index in [9.17, 15) is 0 Å². The molecule has 0 fully saturated rings. The highest BCUT2D eigenvalue weighted by molar-refractivity contribution is 6.16. The van der Waals surface area contributed by atoms with Crippen LogP contribution in [0.25, 0.3) is 16.8 Å². The quantitative estimate of drug-likeness (QED) is 0.666. The third-order valence-corrected chi connectivity index (χ3v) is 3.51. The van der Waals surface area contributed by atoms with Crippen molar-refractivity contribution < 1.29 is 0 Å². The molecule has 0 saturated heterocycles. The number of fused-ring (bicyclic) bond motifs is 5. The molecular formula is C15H12N2. The third-order valence-electron chi connectivity index (χ3n) is 3.51. The number of rotatable bonds is 0. The molecule has 2 aromatic carbocycles. The van der Waals surface area contributed by atoms with E-state index in [1.165, 1.54) is 22.0 Å². The SMILES string of the molecule is C1=Cc2c(ccc3ccccc23)N2CCN=C12. The molecule has 82 valence electrons. The zero-order valence-corrected chi connectivity index (χ0v) is 9.43. The summed E-state index contributed by atoms with van der Waals surface area (Å²) >= 11 is 0. The Labute approximate surface area is 99.9 Å². The van der Waals surface area contributed by atoms with Crippen LogP contribution in [-0.2, 0) is 0 Å². The van der Waals surface area contributed by atoms with Crippen LogP contribution in [-0.4, -0.2) is 18.9 Å². The number of hydrogen-bond donors (Lipinski definition) is 0. The van der Waals surface area contributed by atoms with Gasteiger partial charge in [0, 0.05) is 12.1 Å². The van der Waals surface area contributed by atoms with Crippen molar-refractivity contribution in [3.05, 3.63) is 48.0 Å². The molecule has 2 aliphatic rings.